The van der Waals surface area contributed by atoms with Gasteiger partial charge in [-0.1, -0.05) is 25.1 Å². The third-order valence-electron chi connectivity index (χ3n) is 3.40. The van der Waals surface area contributed by atoms with Gasteiger partial charge in [0.05, 0.1) is 5.92 Å². The highest BCUT2D eigenvalue weighted by molar-refractivity contribution is 7.86. The van der Waals surface area contributed by atoms with Gasteiger partial charge in [0.1, 0.15) is 5.25 Å². The third-order valence-corrected chi connectivity index (χ3v) is 5.31. The average Bonchev–Trinajstić information content (AvgIpc) is 2.56. The summed E-state index contributed by atoms with van der Waals surface area (Å²) < 4.78 is 12.2. The second-order valence-electron chi connectivity index (χ2n) is 4.96. The molecule has 0 aromatic heterocycles. The van der Waals surface area contributed by atoms with Gasteiger partial charge in [-0.15, -0.1) is 0 Å². The molecule has 2 rings (SSSR count). The first kappa shape index (κ1) is 14.7. The number of hydrogen-bond acceptors (Lipinski definition) is 3. The smallest absolute Gasteiger partial charge is 0.307 e. The summed E-state index contributed by atoms with van der Waals surface area (Å²) in [7, 11) is -1.48. The summed E-state index contributed by atoms with van der Waals surface area (Å²) in [6.07, 6.45) is 1.13. The Balaban J connectivity index is 2.10. The number of nitrogens with one attached hydrogen (secondary N) is 1. The van der Waals surface area contributed by atoms with Crippen molar-refractivity contribution in [3.63, 3.8) is 0 Å². The Morgan fingerprint density at radius 3 is 2.90 bits per heavy atom. The molecule has 0 saturated carbocycles. The minimum atomic E-state index is -1.48. The van der Waals surface area contributed by atoms with Crippen LogP contribution >= 0.6 is 0 Å². The van der Waals surface area contributed by atoms with Gasteiger partial charge in [-0.3, -0.25) is 13.8 Å². The molecule has 1 aromatic rings. The summed E-state index contributed by atoms with van der Waals surface area (Å²) in [5.41, 5.74) is 1.77. The minimum absolute atomic E-state index is 0.00374. The number of aliphatic carboxylic acids is 1. The molecule has 0 spiro atoms. The Morgan fingerprint density at radius 2 is 2.20 bits per heavy atom. The van der Waals surface area contributed by atoms with Crippen molar-refractivity contribution in [2.75, 3.05) is 11.1 Å². The van der Waals surface area contributed by atoms with Crippen LogP contribution in [0, 0.1) is 5.92 Å². The molecule has 0 bridgehead atoms. The number of para-hydroxylation sites is 1. The van der Waals surface area contributed by atoms with E-state index in [1.807, 2.05) is 24.3 Å². The van der Waals surface area contributed by atoms with Crippen LogP contribution in [-0.4, -0.2) is 32.2 Å². The average molecular weight is 295 g/mol. The number of carboxylic acid groups (broad SMARTS) is 1. The highest BCUT2D eigenvalue weighted by Gasteiger charge is 2.30. The van der Waals surface area contributed by atoms with Crippen LogP contribution in [-0.2, 0) is 26.8 Å². The van der Waals surface area contributed by atoms with Gasteiger partial charge in [-0.05, 0) is 24.5 Å². The Kier molecular flexibility index (Phi) is 4.54. The SMILES string of the molecule is CC(CS(=O)C1CCc2ccccc2NC1=O)C(=O)O. The maximum Gasteiger partial charge on any atom is 0.307 e. The lowest BCUT2D eigenvalue weighted by Crippen LogP contribution is -2.34. The van der Waals surface area contributed by atoms with E-state index >= 15 is 0 Å². The molecule has 1 amide bonds. The van der Waals surface area contributed by atoms with Crippen molar-refractivity contribution >= 4 is 28.4 Å². The van der Waals surface area contributed by atoms with Crippen molar-refractivity contribution in [1.29, 1.82) is 0 Å². The second-order valence-corrected chi connectivity index (χ2v) is 6.62. The lowest BCUT2D eigenvalue weighted by molar-refractivity contribution is -0.140. The van der Waals surface area contributed by atoms with Crippen molar-refractivity contribution in [2.24, 2.45) is 5.92 Å². The zero-order valence-corrected chi connectivity index (χ0v) is 12.0. The molecule has 108 valence electrons. The Bertz CT molecular complexity index is 558. The highest BCUT2D eigenvalue weighted by Crippen LogP contribution is 2.24. The van der Waals surface area contributed by atoms with Crippen LogP contribution in [0.25, 0.3) is 0 Å². The van der Waals surface area contributed by atoms with E-state index in [1.165, 1.54) is 6.92 Å². The maximum absolute atomic E-state index is 12.2. The molecule has 0 radical (unpaired) electrons. The fourth-order valence-electron chi connectivity index (χ4n) is 2.18. The first-order valence-electron chi connectivity index (χ1n) is 6.47. The van der Waals surface area contributed by atoms with Crippen LogP contribution in [0.4, 0.5) is 5.69 Å². The molecule has 5 nitrogen and oxygen atoms in total. The molecule has 6 heteroatoms. The van der Waals surface area contributed by atoms with Crippen molar-refractivity contribution in [3.05, 3.63) is 29.8 Å². The summed E-state index contributed by atoms with van der Waals surface area (Å²) in [6.45, 7) is 1.50. The Morgan fingerprint density at radius 1 is 1.50 bits per heavy atom. The number of anilines is 1. The summed E-state index contributed by atoms with van der Waals surface area (Å²) in [6, 6.07) is 7.48. The molecule has 0 fully saturated rings. The van der Waals surface area contributed by atoms with Gasteiger partial charge in [0.15, 0.2) is 0 Å². The normalized spacial score (nSPS) is 21.2. The number of rotatable bonds is 4. The number of aryl methyl sites for hydroxylation is 1. The van der Waals surface area contributed by atoms with Gasteiger partial charge in [0.2, 0.25) is 5.91 Å². The molecule has 3 unspecified atom stereocenters. The number of carboxylic acids is 1. The van der Waals surface area contributed by atoms with Gasteiger partial charge >= 0.3 is 5.97 Å². The van der Waals surface area contributed by atoms with Gasteiger partial charge in [-0.2, -0.15) is 0 Å². The van der Waals surface area contributed by atoms with E-state index in [0.717, 1.165) is 11.3 Å². The number of carbonyl (C=O) groups excluding carboxylic acids is 1. The molecule has 1 aromatic carbocycles. The van der Waals surface area contributed by atoms with Gasteiger partial charge < -0.3 is 10.4 Å². The summed E-state index contributed by atoms with van der Waals surface area (Å²) >= 11 is 0. The number of hydrogen-bond donors (Lipinski definition) is 2. The second kappa shape index (κ2) is 6.17. The largest absolute Gasteiger partial charge is 0.481 e. The molecule has 0 saturated heterocycles. The summed E-state index contributed by atoms with van der Waals surface area (Å²) in [4.78, 5) is 22.9. The van der Waals surface area contributed by atoms with E-state index in [9.17, 15) is 13.8 Å². The van der Waals surface area contributed by atoms with Crippen LogP contribution in [0.5, 0.6) is 0 Å². The maximum atomic E-state index is 12.2. The van der Waals surface area contributed by atoms with Crippen molar-refractivity contribution < 1.29 is 18.9 Å². The van der Waals surface area contributed by atoms with Crippen molar-refractivity contribution in [1.82, 2.24) is 0 Å². The standard InChI is InChI=1S/C14H17NO4S/c1-9(14(17)18)8-20(19)12-7-6-10-4-2-3-5-11(10)15-13(12)16/h2-5,9,12H,6-8H2,1H3,(H,15,16)(H,17,18). The summed E-state index contributed by atoms with van der Waals surface area (Å²) in [5, 5.41) is 11.0. The van der Waals surface area contributed by atoms with Crippen LogP contribution in [0.3, 0.4) is 0 Å². The van der Waals surface area contributed by atoms with E-state index in [-0.39, 0.29) is 11.7 Å². The molecule has 0 aliphatic carbocycles. The lowest BCUT2D eigenvalue weighted by Gasteiger charge is -2.14. The van der Waals surface area contributed by atoms with Crippen LogP contribution < -0.4 is 5.32 Å². The zero-order valence-electron chi connectivity index (χ0n) is 11.2. The van der Waals surface area contributed by atoms with E-state index < -0.39 is 27.9 Å². The zero-order chi connectivity index (χ0) is 14.7. The molecule has 1 aliphatic heterocycles. The quantitative estimate of drug-likeness (QED) is 0.879. The van der Waals surface area contributed by atoms with E-state index in [2.05, 4.69) is 5.32 Å². The topological polar surface area (TPSA) is 83.5 Å². The Hall–Kier alpha value is -1.69. The lowest BCUT2D eigenvalue weighted by atomic mass is 10.1. The molecule has 20 heavy (non-hydrogen) atoms. The van der Waals surface area contributed by atoms with E-state index in [0.29, 0.717) is 12.8 Å². The van der Waals surface area contributed by atoms with E-state index in [4.69, 9.17) is 5.11 Å². The molecular formula is C14H17NO4S. The molecule has 3 atom stereocenters. The number of fused-ring (bicyclic) bond motifs is 1. The van der Waals surface area contributed by atoms with E-state index in [1.54, 1.807) is 0 Å². The highest BCUT2D eigenvalue weighted by atomic mass is 32.2. The predicted octanol–water partition coefficient (Wildman–Crippen LogP) is 1.41. The number of benzene rings is 1. The van der Waals surface area contributed by atoms with Gasteiger partial charge in [-0.25, -0.2) is 0 Å². The molecule has 1 aliphatic rings. The first-order chi connectivity index (χ1) is 9.49. The van der Waals surface area contributed by atoms with Crippen LogP contribution in [0.1, 0.15) is 18.9 Å². The third kappa shape index (κ3) is 3.25. The number of carbonyl (C=O) groups is 2. The van der Waals surface area contributed by atoms with Gasteiger partial charge in [0, 0.05) is 22.2 Å². The Labute approximate surface area is 119 Å². The summed E-state index contributed by atoms with van der Waals surface area (Å²) in [5.74, 6) is -1.99. The minimum Gasteiger partial charge on any atom is -0.481 e. The van der Waals surface area contributed by atoms with Crippen molar-refractivity contribution in [3.8, 4) is 0 Å². The predicted molar refractivity (Wildman–Crippen MR) is 77.0 cm³/mol. The van der Waals surface area contributed by atoms with Gasteiger partial charge in [0.25, 0.3) is 0 Å². The molecule has 1 heterocycles. The van der Waals surface area contributed by atoms with Crippen LogP contribution in [0.2, 0.25) is 0 Å². The van der Waals surface area contributed by atoms with Crippen molar-refractivity contribution in [2.45, 2.75) is 25.0 Å². The molecule has 2 N–H and O–H groups in total. The fourth-order valence-corrected chi connectivity index (χ4v) is 3.72. The van der Waals surface area contributed by atoms with Crippen LogP contribution in [0.15, 0.2) is 24.3 Å². The molecular weight excluding hydrogens is 278 g/mol. The monoisotopic (exact) mass is 295 g/mol. The fraction of sp³-hybridized carbons (Fsp3) is 0.429. The number of amides is 1. The first-order valence-corrected chi connectivity index (χ1v) is 7.86.